The number of rotatable bonds is 5. The monoisotopic (exact) mass is 313 g/mol. The predicted molar refractivity (Wildman–Crippen MR) is 86.1 cm³/mol. The van der Waals surface area contributed by atoms with E-state index in [1.165, 1.54) is 0 Å². The van der Waals surface area contributed by atoms with E-state index in [2.05, 4.69) is 15.3 Å². The van der Waals surface area contributed by atoms with Gasteiger partial charge in [-0.2, -0.15) is 5.10 Å². The average molecular weight is 313 g/mol. The molecule has 0 amide bonds. The first kappa shape index (κ1) is 15.1. The molecular formula is C16H19N5O2. The number of hydrogen-bond donors (Lipinski definition) is 0. The minimum absolute atomic E-state index is 0.715. The van der Waals surface area contributed by atoms with E-state index < -0.39 is 0 Å². The molecule has 2 heterocycles. The van der Waals surface area contributed by atoms with Crippen LogP contribution in [-0.4, -0.2) is 38.8 Å². The fraction of sp³-hybridized carbons (Fsp3) is 0.312. The zero-order chi connectivity index (χ0) is 16.4. The fourth-order valence-electron chi connectivity index (χ4n) is 2.48. The van der Waals surface area contributed by atoms with Crippen molar-refractivity contribution in [3.63, 3.8) is 0 Å². The Hall–Kier alpha value is -2.83. The van der Waals surface area contributed by atoms with Crippen LogP contribution in [0.25, 0.3) is 17.1 Å². The lowest BCUT2D eigenvalue weighted by Crippen LogP contribution is -2.00. The van der Waals surface area contributed by atoms with E-state index in [1.807, 2.05) is 47.5 Å². The highest BCUT2D eigenvalue weighted by Gasteiger charge is 2.17. The molecule has 3 rings (SSSR count). The van der Waals surface area contributed by atoms with Crippen molar-refractivity contribution in [1.29, 1.82) is 0 Å². The Kier molecular flexibility index (Phi) is 4.01. The lowest BCUT2D eigenvalue weighted by molar-refractivity contribution is 0.401. The van der Waals surface area contributed by atoms with E-state index >= 15 is 0 Å². The molecule has 0 aliphatic heterocycles. The van der Waals surface area contributed by atoms with Gasteiger partial charge in [-0.05, 0) is 26.0 Å². The quantitative estimate of drug-likeness (QED) is 0.724. The summed E-state index contributed by atoms with van der Waals surface area (Å²) in [5.74, 6) is 2.17. The predicted octanol–water partition coefficient (Wildman–Crippen LogP) is 2.48. The molecule has 0 unspecified atom stereocenters. The highest BCUT2D eigenvalue weighted by atomic mass is 16.5. The number of nitrogens with zero attached hydrogens (tertiary/aromatic N) is 5. The van der Waals surface area contributed by atoms with Crippen LogP contribution in [0.15, 0.2) is 30.7 Å². The number of methoxy groups -OCH3 is 2. The molecule has 7 heteroatoms. The molecule has 0 aliphatic carbocycles. The molecule has 0 N–H and O–H groups in total. The van der Waals surface area contributed by atoms with Crippen molar-refractivity contribution in [2.75, 3.05) is 14.2 Å². The van der Waals surface area contributed by atoms with Crippen molar-refractivity contribution in [3.05, 3.63) is 36.4 Å². The summed E-state index contributed by atoms with van der Waals surface area (Å²) in [7, 11) is 3.27. The third-order valence-electron chi connectivity index (χ3n) is 3.70. The van der Waals surface area contributed by atoms with Gasteiger partial charge in [-0.1, -0.05) is 0 Å². The Morgan fingerprint density at radius 2 is 2.00 bits per heavy atom. The SMILES string of the molecule is CCn1cc(-c2nncn2-c2cc(OC)ccc2OC)c(C)n1. The van der Waals surface area contributed by atoms with Gasteiger partial charge in [0, 0.05) is 18.8 Å². The molecule has 0 saturated carbocycles. The molecule has 3 aromatic rings. The molecule has 120 valence electrons. The van der Waals surface area contributed by atoms with Crippen LogP contribution in [0.3, 0.4) is 0 Å². The summed E-state index contributed by atoms with van der Waals surface area (Å²) in [4.78, 5) is 0. The van der Waals surface area contributed by atoms with Gasteiger partial charge < -0.3 is 9.47 Å². The Labute approximate surface area is 134 Å². The maximum absolute atomic E-state index is 5.46. The molecule has 0 atom stereocenters. The summed E-state index contributed by atoms with van der Waals surface area (Å²) >= 11 is 0. The molecule has 7 nitrogen and oxygen atoms in total. The average Bonchev–Trinajstić information content (AvgIpc) is 3.20. The Balaban J connectivity index is 2.16. The minimum atomic E-state index is 0.715. The standard InChI is InChI=1S/C16H19N5O2/c1-5-20-9-13(11(2)19-20)16-18-17-10-21(16)14-8-12(22-3)6-7-15(14)23-4/h6-10H,5H2,1-4H3. The number of aromatic nitrogens is 5. The van der Waals surface area contributed by atoms with Crippen molar-refractivity contribution < 1.29 is 9.47 Å². The van der Waals surface area contributed by atoms with Crippen LogP contribution in [0.2, 0.25) is 0 Å². The van der Waals surface area contributed by atoms with Crippen molar-refractivity contribution >= 4 is 0 Å². The van der Waals surface area contributed by atoms with Gasteiger partial charge in [-0.3, -0.25) is 9.25 Å². The topological polar surface area (TPSA) is 67.0 Å². The third kappa shape index (κ3) is 2.65. The van der Waals surface area contributed by atoms with E-state index in [1.54, 1.807) is 20.5 Å². The van der Waals surface area contributed by atoms with Crippen LogP contribution in [0, 0.1) is 6.92 Å². The summed E-state index contributed by atoms with van der Waals surface area (Å²) in [5.41, 5.74) is 2.66. The first-order valence-corrected chi connectivity index (χ1v) is 7.34. The Morgan fingerprint density at radius 3 is 2.65 bits per heavy atom. The van der Waals surface area contributed by atoms with E-state index in [0.717, 1.165) is 29.2 Å². The summed E-state index contributed by atoms with van der Waals surface area (Å²) < 4.78 is 14.5. The lowest BCUT2D eigenvalue weighted by Gasteiger charge is -2.12. The molecule has 0 radical (unpaired) electrons. The van der Waals surface area contributed by atoms with Gasteiger partial charge in [-0.15, -0.1) is 10.2 Å². The Bertz CT molecular complexity index is 822. The van der Waals surface area contributed by atoms with Gasteiger partial charge in [0.15, 0.2) is 5.82 Å². The van der Waals surface area contributed by atoms with E-state index in [0.29, 0.717) is 11.6 Å². The maximum Gasteiger partial charge on any atom is 0.171 e. The second-order valence-corrected chi connectivity index (χ2v) is 5.05. The van der Waals surface area contributed by atoms with Crippen molar-refractivity contribution in [3.8, 4) is 28.6 Å². The highest BCUT2D eigenvalue weighted by molar-refractivity contribution is 5.62. The number of ether oxygens (including phenoxy) is 2. The summed E-state index contributed by atoms with van der Waals surface area (Å²) in [6.07, 6.45) is 3.64. The third-order valence-corrected chi connectivity index (χ3v) is 3.70. The molecular weight excluding hydrogens is 294 g/mol. The van der Waals surface area contributed by atoms with Gasteiger partial charge in [-0.25, -0.2) is 0 Å². The second-order valence-electron chi connectivity index (χ2n) is 5.05. The summed E-state index contributed by atoms with van der Waals surface area (Å²) in [6.45, 7) is 4.81. The number of hydrogen-bond acceptors (Lipinski definition) is 5. The molecule has 2 aromatic heterocycles. The van der Waals surface area contributed by atoms with E-state index in [4.69, 9.17) is 9.47 Å². The Morgan fingerprint density at radius 1 is 1.17 bits per heavy atom. The highest BCUT2D eigenvalue weighted by Crippen LogP contribution is 2.31. The van der Waals surface area contributed by atoms with Crippen LogP contribution in [0.1, 0.15) is 12.6 Å². The smallest absolute Gasteiger partial charge is 0.171 e. The summed E-state index contributed by atoms with van der Waals surface area (Å²) in [6, 6.07) is 5.61. The molecule has 0 fully saturated rings. The van der Waals surface area contributed by atoms with Crippen LogP contribution < -0.4 is 9.47 Å². The van der Waals surface area contributed by atoms with E-state index in [-0.39, 0.29) is 0 Å². The fourth-order valence-corrected chi connectivity index (χ4v) is 2.48. The molecule has 0 bridgehead atoms. The van der Waals surface area contributed by atoms with Crippen LogP contribution in [-0.2, 0) is 6.54 Å². The lowest BCUT2D eigenvalue weighted by atomic mass is 10.2. The molecule has 23 heavy (non-hydrogen) atoms. The van der Waals surface area contributed by atoms with Crippen molar-refractivity contribution in [1.82, 2.24) is 24.5 Å². The zero-order valence-corrected chi connectivity index (χ0v) is 13.6. The van der Waals surface area contributed by atoms with Gasteiger partial charge in [0.2, 0.25) is 0 Å². The van der Waals surface area contributed by atoms with Gasteiger partial charge >= 0.3 is 0 Å². The van der Waals surface area contributed by atoms with Gasteiger partial charge in [0.25, 0.3) is 0 Å². The minimum Gasteiger partial charge on any atom is -0.497 e. The zero-order valence-electron chi connectivity index (χ0n) is 13.6. The maximum atomic E-state index is 5.46. The normalized spacial score (nSPS) is 10.8. The van der Waals surface area contributed by atoms with Crippen molar-refractivity contribution in [2.45, 2.75) is 20.4 Å². The van der Waals surface area contributed by atoms with Crippen LogP contribution >= 0.6 is 0 Å². The number of aryl methyl sites for hydroxylation is 2. The molecule has 0 aliphatic rings. The summed E-state index contributed by atoms with van der Waals surface area (Å²) in [5, 5.41) is 12.8. The second kappa shape index (κ2) is 6.12. The van der Waals surface area contributed by atoms with Crippen LogP contribution in [0.4, 0.5) is 0 Å². The van der Waals surface area contributed by atoms with Crippen LogP contribution in [0.5, 0.6) is 11.5 Å². The van der Waals surface area contributed by atoms with E-state index in [9.17, 15) is 0 Å². The first-order valence-electron chi connectivity index (χ1n) is 7.34. The van der Waals surface area contributed by atoms with Gasteiger partial charge in [0.1, 0.15) is 17.8 Å². The molecule has 0 saturated heterocycles. The number of benzene rings is 1. The largest absolute Gasteiger partial charge is 0.497 e. The first-order chi connectivity index (χ1) is 11.2. The van der Waals surface area contributed by atoms with Gasteiger partial charge in [0.05, 0.1) is 31.2 Å². The molecule has 0 spiro atoms. The van der Waals surface area contributed by atoms with Crippen molar-refractivity contribution in [2.24, 2.45) is 0 Å². The molecule has 1 aromatic carbocycles.